The molecule has 2 heterocycles. The number of nitrogens with one attached hydrogen (secondary N) is 1. The molecule has 1 aliphatic heterocycles. The maximum Gasteiger partial charge on any atom is 0.289 e. The monoisotopic (exact) mass is 372 g/mol. The van der Waals surface area contributed by atoms with E-state index < -0.39 is 11.0 Å². The number of amides is 2. The lowest BCUT2D eigenvalue weighted by atomic mass is 10.2. The number of non-ortho nitro benzene ring substituents is 1. The van der Waals surface area contributed by atoms with Gasteiger partial charge in [0, 0.05) is 44.0 Å². The molecule has 0 aliphatic carbocycles. The summed E-state index contributed by atoms with van der Waals surface area (Å²) >= 11 is 0. The van der Waals surface area contributed by atoms with Gasteiger partial charge in [0.05, 0.1) is 17.2 Å². The van der Waals surface area contributed by atoms with Gasteiger partial charge >= 0.3 is 0 Å². The molecule has 1 unspecified atom stereocenters. The van der Waals surface area contributed by atoms with E-state index in [9.17, 15) is 19.7 Å². The van der Waals surface area contributed by atoms with Crippen molar-refractivity contribution in [3.05, 3.63) is 58.5 Å². The molecule has 1 fully saturated rings. The highest BCUT2D eigenvalue weighted by Gasteiger charge is 2.28. The van der Waals surface area contributed by atoms with Gasteiger partial charge in [-0.2, -0.15) is 0 Å². The summed E-state index contributed by atoms with van der Waals surface area (Å²) in [5, 5.41) is 13.5. The Labute approximate surface area is 155 Å². The molecule has 9 heteroatoms. The summed E-state index contributed by atoms with van der Waals surface area (Å²) < 4.78 is 5.14. The van der Waals surface area contributed by atoms with Crippen molar-refractivity contribution >= 4 is 23.2 Å². The quantitative estimate of drug-likeness (QED) is 0.635. The summed E-state index contributed by atoms with van der Waals surface area (Å²) in [7, 11) is 0. The van der Waals surface area contributed by atoms with Crippen molar-refractivity contribution in [2.24, 2.45) is 0 Å². The number of rotatable bonds is 5. The summed E-state index contributed by atoms with van der Waals surface area (Å²) in [4.78, 5) is 38.8. The number of anilines is 1. The largest absolute Gasteiger partial charge is 0.459 e. The summed E-state index contributed by atoms with van der Waals surface area (Å²) in [6.07, 6.45) is 1.46. The number of furan rings is 1. The van der Waals surface area contributed by atoms with Crippen LogP contribution in [0.15, 0.2) is 47.1 Å². The van der Waals surface area contributed by atoms with Crippen LogP contribution in [0.4, 0.5) is 11.4 Å². The lowest BCUT2D eigenvalue weighted by Gasteiger charge is -2.37. The summed E-state index contributed by atoms with van der Waals surface area (Å²) in [5.74, 6) is -0.102. The molecule has 142 valence electrons. The third-order valence-electron chi connectivity index (χ3n) is 4.59. The van der Waals surface area contributed by atoms with Crippen LogP contribution >= 0.6 is 0 Å². The Morgan fingerprint density at radius 3 is 2.56 bits per heavy atom. The molecule has 2 aromatic rings. The van der Waals surface area contributed by atoms with Gasteiger partial charge in [-0.3, -0.25) is 24.6 Å². The molecule has 0 bridgehead atoms. The third-order valence-corrected chi connectivity index (χ3v) is 4.59. The van der Waals surface area contributed by atoms with Gasteiger partial charge in [-0.05, 0) is 25.1 Å². The van der Waals surface area contributed by atoms with Gasteiger partial charge in [0.2, 0.25) is 5.91 Å². The minimum atomic E-state index is -0.506. The fourth-order valence-corrected chi connectivity index (χ4v) is 2.98. The Hall–Kier alpha value is -3.20. The van der Waals surface area contributed by atoms with Crippen molar-refractivity contribution in [2.45, 2.75) is 13.0 Å². The number of nitrogens with zero attached hydrogens (tertiary/aromatic N) is 3. The molecule has 1 aromatic carbocycles. The van der Waals surface area contributed by atoms with Crippen LogP contribution in [0.1, 0.15) is 17.5 Å². The topological polar surface area (TPSA) is 109 Å². The van der Waals surface area contributed by atoms with E-state index in [1.54, 1.807) is 30.0 Å². The second-order valence-electron chi connectivity index (χ2n) is 6.28. The van der Waals surface area contributed by atoms with E-state index in [0.29, 0.717) is 37.6 Å². The van der Waals surface area contributed by atoms with E-state index in [2.05, 4.69) is 5.32 Å². The molecule has 0 spiro atoms. The number of hydrogen-bond acceptors (Lipinski definition) is 6. The molecular weight excluding hydrogens is 352 g/mol. The number of nitro benzene ring substituents is 1. The molecule has 1 atom stereocenters. The first kappa shape index (κ1) is 18.6. The number of benzene rings is 1. The second kappa shape index (κ2) is 8.00. The van der Waals surface area contributed by atoms with E-state index in [-0.39, 0.29) is 17.5 Å². The Bertz CT molecular complexity index is 828. The van der Waals surface area contributed by atoms with Crippen molar-refractivity contribution < 1.29 is 18.9 Å². The molecule has 1 saturated heterocycles. The number of nitro groups is 1. The lowest BCUT2D eigenvalue weighted by molar-refractivity contribution is -0.384. The van der Waals surface area contributed by atoms with Crippen molar-refractivity contribution in [2.75, 3.05) is 31.5 Å². The van der Waals surface area contributed by atoms with E-state index in [4.69, 9.17) is 4.42 Å². The van der Waals surface area contributed by atoms with Crippen molar-refractivity contribution in [1.82, 2.24) is 9.80 Å². The maximum atomic E-state index is 12.5. The summed E-state index contributed by atoms with van der Waals surface area (Å²) in [6.45, 7) is 3.87. The molecule has 2 amide bonds. The van der Waals surface area contributed by atoms with Gasteiger partial charge in [-0.1, -0.05) is 6.07 Å². The smallest absolute Gasteiger partial charge is 0.289 e. The molecule has 1 N–H and O–H groups in total. The van der Waals surface area contributed by atoms with Gasteiger partial charge in [-0.15, -0.1) is 0 Å². The molecule has 27 heavy (non-hydrogen) atoms. The van der Waals surface area contributed by atoms with Crippen molar-refractivity contribution in [1.29, 1.82) is 0 Å². The fraction of sp³-hybridized carbons (Fsp3) is 0.333. The zero-order chi connectivity index (χ0) is 19.4. The van der Waals surface area contributed by atoms with Gasteiger partial charge in [-0.25, -0.2) is 0 Å². The molecule has 1 aliphatic rings. The predicted octanol–water partition coefficient (Wildman–Crippen LogP) is 1.97. The average molecular weight is 372 g/mol. The number of carbonyl (C=O) groups excluding carboxylic acids is 2. The molecule has 1 aromatic heterocycles. The number of hydrogen-bond donors (Lipinski definition) is 1. The maximum absolute atomic E-state index is 12.5. The highest BCUT2D eigenvalue weighted by molar-refractivity contribution is 5.95. The normalized spacial score (nSPS) is 16.0. The van der Waals surface area contributed by atoms with Crippen molar-refractivity contribution in [3.63, 3.8) is 0 Å². The molecule has 9 nitrogen and oxygen atoms in total. The first-order valence-electron chi connectivity index (χ1n) is 8.58. The Morgan fingerprint density at radius 1 is 1.19 bits per heavy atom. The van der Waals surface area contributed by atoms with Crippen LogP contribution in [0, 0.1) is 10.1 Å². The SMILES string of the molecule is CC(C(=O)Nc1cccc([N+](=O)[O-])c1)N1CCN(C(=O)c2ccco2)CC1. The van der Waals surface area contributed by atoms with Crippen LogP contribution in [0.25, 0.3) is 0 Å². The van der Waals surface area contributed by atoms with Crippen LogP contribution in [-0.2, 0) is 4.79 Å². The second-order valence-corrected chi connectivity index (χ2v) is 6.28. The summed E-state index contributed by atoms with van der Waals surface area (Å²) in [5.41, 5.74) is 0.304. The number of carbonyl (C=O) groups is 2. The fourth-order valence-electron chi connectivity index (χ4n) is 2.98. The van der Waals surface area contributed by atoms with Gasteiger partial charge in [0.1, 0.15) is 0 Å². The number of piperazine rings is 1. The van der Waals surface area contributed by atoms with E-state index in [0.717, 1.165) is 0 Å². The Kier molecular flexibility index (Phi) is 5.51. The zero-order valence-corrected chi connectivity index (χ0v) is 14.8. The van der Waals surface area contributed by atoms with Crippen LogP contribution < -0.4 is 5.32 Å². The van der Waals surface area contributed by atoms with Gasteiger partial charge in [0.15, 0.2) is 5.76 Å². The molecule has 3 rings (SSSR count). The Morgan fingerprint density at radius 2 is 1.93 bits per heavy atom. The summed E-state index contributed by atoms with van der Waals surface area (Å²) in [6, 6.07) is 8.70. The molecule has 0 radical (unpaired) electrons. The average Bonchev–Trinajstić information content (AvgIpc) is 3.22. The molecular formula is C18H20N4O5. The van der Waals surface area contributed by atoms with Crippen LogP contribution in [0.3, 0.4) is 0 Å². The predicted molar refractivity (Wildman–Crippen MR) is 97.4 cm³/mol. The highest BCUT2D eigenvalue weighted by Crippen LogP contribution is 2.18. The van der Waals surface area contributed by atoms with Crippen LogP contribution in [0.5, 0.6) is 0 Å². The van der Waals surface area contributed by atoms with E-state index in [1.165, 1.54) is 24.5 Å². The van der Waals surface area contributed by atoms with Crippen LogP contribution in [0.2, 0.25) is 0 Å². The van der Waals surface area contributed by atoms with E-state index >= 15 is 0 Å². The zero-order valence-electron chi connectivity index (χ0n) is 14.8. The minimum Gasteiger partial charge on any atom is -0.459 e. The standard InChI is InChI=1S/C18H20N4O5/c1-13(17(23)19-14-4-2-5-15(12-14)22(25)26)20-7-9-21(10-8-20)18(24)16-6-3-11-27-16/h2-6,11-13H,7-10H2,1H3,(H,19,23). The van der Waals surface area contributed by atoms with Crippen molar-refractivity contribution in [3.8, 4) is 0 Å². The van der Waals surface area contributed by atoms with E-state index in [1.807, 2.05) is 4.90 Å². The molecule has 0 saturated carbocycles. The van der Waals surface area contributed by atoms with Gasteiger partial charge < -0.3 is 14.6 Å². The minimum absolute atomic E-state index is 0.0782. The van der Waals surface area contributed by atoms with Gasteiger partial charge in [0.25, 0.3) is 11.6 Å². The highest BCUT2D eigenvalue weighted by atomic mass is 16.6. The van der Waals surface area contributed by atoms with Crippen LogP contribution in [-0.4, -0.2) is 58.8 Å². The lowest BCUT2D eigenvalue weighted by Crippen LogP contribution is -2.54. The first-order valence-corrected chi connectivity index (χ1v) is 8.58. The third kappa shape index (κ3) is 4.32. The Balaban J connectivity index is 1.55. The first-order chi connectivity index (χ1) is 13.0.